The molecule has 2 aromatic carbocycles. The van der Waals surface area contributed by atoms with E-state index >= 15 is 0 Å². The molecule has 30 heavy (non-hydrogen) atoms. The third-order valence-electron chi connectivity index (χ3n) is 5.50. The van der Waals surface area contributed by atoms with Gasteiger partial charge in [-0.05, 0) is 48.3 Å². The Morgan fingerprint density at radius 2 is 1.80 bits per heavy atom. The van der Waals surface area contributed by atoms with Crippen LogP contribution in [-0.4, -0.2) is 50.3 Å². The molecule has 2 aromatic rings. The van der Waals surface area contributed by atoms with Gasteiger partial charge in [-0.25, -0.2) is 0 Å². The Morgan fingerprint density at radius 3 is 2.53 bits per heavy atom. The smallest absolute Gasteiger partial charge is 0.256 e. The van der Waals surface area contributed by atoms with E-state index in [0.717, 1.165) is 73.0 Å². The molecule has 0 aliphatic carbocycles. The monoisotopic (exact) mass is 404 g/mol. The second-order valence-electron chi connectivity index (χ2n) is 7.60. The molecule has 156 valence electrons. The number of morpholine rings is 1. The number of allylic oxidation sites excluding steroid dienone is 1. The Morgan fingerprint density at radius 1 is 1.07 bits per heavy atom. The van der Waals surface area contributed by atoms with Crippen molar-refractivity contribution in [3.05, 3.63) is 77.0 Å². The van der Waals surface area contributed by atoms with Gasteiger partial charge in [-0.15, -0.1) is 0 Å². The van der Waals surface area contributed by atoms with Crippen LogP contribution < -0.4 is 10.1 Å². The Hall–Kier alpha value is -2.89. The Labute approximate surface area is 178 Å². The van der Waals surface area contributed by atoms with E-state index in [1.54, 1.807) is 0 Å². The molecule has 0 spiro atoms. The van der Waals surface area contributed by atoms with Crippen LogP contribution >= 0.6 is 0 Å². The van der Waals surface area contributed by atoms with Gasteiger partial charge in [0.05, 0.1) is 25.4 Å². The van der Waals surface area contributed by atoms with Crippen molar-refractivity contribution in [2.75, 3.05) is 39.5 Å². The lowest BCUT2D eigenvalue weighted by molar-refractivity contribution is -0.114. The lowest BCUT2D eigenvalue weighted by Crippen LogP contribution is -2.37. The van der Waals surface area contributed by atoms with E-state index in [9.17, 15) is 4.79 Å². The average Bonchev–Trinajstić information content (AvgIpc) is 3.06. The molecule has 1 fully saturated rings. The summed E-state index contributed by atoms with van der Waals surface area (Å²) in [6.45, 7) is 7.36. The summed E-state index contributed by atoms with van der Waals surface area (Å²) in [4.78, 5) is 15.0. The fourth-order valence-electron chi connectivity index (χ4n) is 3.81. The molecule has 0 atom stereocenters. The maximum Gasteiger partial charge on any atom is 0.256 e. The fraction of sp³-hybridized carbons (Fsp3) is 0.320. The van der Waals surface area contributed by atoms with Crippen LogP contribution in [0, 0.1) is 0 Å². The molecule has 2 heterocycles. The van der Waals surface area contributed by atoms with Gasteiger partial charge in [-0.1, -0.05) is 42.5 Å². The van der Waals surface area contributed by atoms with Crippen molar-refractivity contribution in [3.8, 4) is 5.75 Å². The zero-order valence-corrected chi connectivity index (χ0v) is 17.4. The van der Waals surface area contributed by atoms with Gasteiger partial charge in [0.2, 0.25) is 0 Å². The number of rotatable bonds is 7. The van der Waals surface area contributed by atoms with Crippen molar-refractivity contribution in [2.24, 2.45) is 0 Å². The topological polar surface area (TPSA) is 50.8 Å². The normalized spacial score (nSPS) is 18.7. The van der Waals surface area contributed by atoms with Crippen molar-refractivity contribution in [2.45, 2.75) is 13.3 Å². The summed E-state index contributed by atoms with van der Waals surface area (Å²) in [6.07, 6.45) is 2.99. The van der Waals surface area contributed by atoms with Crippen molar-refractivity contribution < 1.29 is 14.3 Å². The summed E-state index contributed by atoms with van der Waals surface area (Å²) in [7, 11) is 0. The fourth-order valence-corrected chi connectivity index (χ4v) is 3.81. The maximum absolute atomic E-state index is 12.6. The molecule has 0 saturated carbocycles. The summed E-state index contributed by atoms with van der Waals surface area (Å²) >= 11 is 0. The Kier molecular flexibility index (Phi) is 6.62. The van der Waals surface area contributed by atoms with Gasteiger partial charge in [-0.3, -0.25) is 9.69 Å². The van der Waals surface area contributed by atoms with Crippen molar-refractivity contribution in [1.29, 1.82) is 0 Å². The molecule has 5 heteroatoms. The van der Waals surface area contributed by atoms with E-state index < -0.39 is 0 Å². The molecular formula is C25H28N2O3. The molecular weight excluding hydrogens is 376 g/mol. The van der Waals surface area contributed by atoms with E-state index in [4.69, 9.17) is 9.47 Å². The zero-order valence-electron chi connectivity index (χ0n) is 17.4. The summed E-state index contributed by atoms with van der Waals surface area (Å²) in [5, 5.41) is 2.99. The zero-order chi connectivity index (χ0) is 20.8. The number of carbonyl (C=O) groups excluding carboxylic acids is 1. The number of carbonyl (C=O) groups is 1. The highest BCUT2D eigenvalue weighted by Gasteiger charge is 2.25. The summed E-state index contributed by atoms with van der Waals surface area (Å²) < 4.78 is 11.3. The third kappa shape index (κ3) is 4.99. The van der Waals surface area contributed by atoms with Gasteiger partial charge in [0.15, 0.2) is 0 Å². The quantitative estimate of drug-likeness (QED) is 0.715. The number of hydrogen-bond donors (Lipinski definition) is 1. The first kappa shape index (κ1) is 20.4. The lowest BCUT2D eigenvalue weighted by atomic mass is 10.0. The van der Waals surface area contributed by atoms with E-state index in [2.05, 4.69) is 10.2 Å². The van der Waals surface area contributed by atoms with Crippen LogP contribution in [0.1, 0.15) is 24.5 Å². The first-order chi connectivity index (χ1) is 14.7. The molecule has 0 aromatic heterocycles. The number of amides is 1. The van der Waals surface area contributed by atoms with Gasteiger partial charge in [0.25, 0.3) is 5.91 Å². The number of ether oxygens (including phenoxy) is 2. The van der Waals surface area contributed by atoms with Gasteiger partial charge < -0.3 is 14.8 Å². The average molecular weight is 405 g/mol. The lowest BCUT2D eigenvalue weighted by Gasteiger charge is -2.26. The van der Waals surface area contributed by atoms with Crippen LogP contribution in [0.2, 0.25) is 0 Å². The van der Waals surface area contributed by atoms with Gasteiger partial charge >= 0.3 is 0 Å². The number of hydrogen-bond acceptors (Lipinski definition) is 4. The van der Waals surface area contributed by atoms with Gasteiger partial charge in [0.1, 0.15) is 5.75 Å². The summed E-state index contributed by atoms with van der Waals surface area (Å²) in [5.74, 6) is 0.770. The molecule has 1 N–H and O–H groups in total. The summed E-state index contributed by atoms with van der Waals surface area (Å²) in [6, 6.07) is 17.8. The highest BCUT2D eigenvalue weighted by Crippen LogP contribution is 2.30. The predicted molar refractivity (Wildman–Crippen MR) is 119 cm³/mol. The van der Waals surface area contributed by atoms with E-state index in [-0.39, 0.29) is 5.91 Å². The molecule has 0 radical (unpaired) electrons. The third-order valence-corrected chi connectivity index (χ3v) is 5.50. The van der Waals surface area contributed by atoms with Crippen LogP contribution in [-0.2, 0) is 9.53 Å². The molecule has 0 unspecified atom stereocenters. The molecule has 2 aliphatic rings. The van der Waals surface area contributed by atoms with Crippen molar-refractivity contribution in [1.82, 2.24) is 10.2 Å². The second kappa shape index (κ2) is 9.74. The number of nitrogens with one attached hydrogen (secondary N) is 1. The van der Waals surface area contributed by atoms with Crippen LogP contribution in [0.15, 0.2) is 65.9 Å². The number of nitrogens with zero attached hydrogens (tertiary/aromatic N) is 1. The minimum absolute atomic E-state index is 0.0612. The standard InChI is InChI=1S/C25H28N2O3/c1-19-23(18-20-6-3-2-4-7-20)26-25(28)24(19)21-8-10-22(11-9-21)30-15-5-12-27-13-16-29-17-14-27/h2-4,6-11,18H,5,12-17H2,1H3,(H,26,28)/b23-18-. The molecule has 1 saturated heterocycles. The highest BCUT2D eigenvalue weighted by atomic mass is 16.5. The molecule has 0 bridgehead atoms. The van der Waals surface area contributed by atoms with Crippen LogP contribution in [0.25, 0.3) is 11.6 Å². The SMILES string of the molecule is CC1=C(c2ccc(OCCCN3CCOCC3)cc2)C(=O)N/C1=C\c1ccccc1. The van der Waals surface area contributed by atoms with E-state index in [0.29, 0.717) is 6.61 Å². The van der Waals surface area contributed by atoms with Gasteiger partial charge in [-0.2, -0.15) is 0 Å². The predicted octanol–water partition coefficient (Wildman–Crippen LogP) is 3.73. The summed E-state index contributed by atoms with van der Waals surface area (Å²) in [5.41, 5.74) is 4.50. The van der Waals surface area contributed by atoms with Crippen LogP contribution in [0.5, 0.6) is 5.75 Å². The van der Waals surface area contributed by atoms with E-state index in [1.165, 1.54) is 0 Å². The Bertz CT molecular complexity index is 927. The maximum atomic E-state index is 12.6. The van der Waals surface area contributed by atoms with Crippen LogP contribution in [0.3, 0.4) is 0 Å². The first-order valence-corrected chi connectivity index (χ1v) is 10.5. The largest absolute Gasteiger partial charge is 0.494 e. The molecule has 2 aliphatic heterocycles. The van der Waals surface area contributed by atoms with Gasteiger partial charge in [0, 0.05) is 25.3 Å². The van der Waals surface area contributed by atoms with Crippen LogP contribution in [0.4, 0.5) is 0 Å². The first-order valence-electron chi connectivity index (χ1n) is 10.5. The second-order valence-corrected chi connectivity index (χ2v) is 7.60. The van der Waals surface area contributed by atoms with E-state index in [1.807, 2.05) is 67.6 Å². The highest BCUT2D eigenvalue weighted by molar-refractivity contribution is 6.25. The molecule has 5 nitrogen and oxygen atoms in total. The molecule has 4 rings (SSSR count). The van der Waals surface area contributed by atoms with Crippen molar-refractivity contribution >= 4 is 17.6 Å². The number of benzene rings is 2. The minimum atomic E-state index is -0.0612. The Balaban J connectivity index is 1.37. The minimum Gasteiger partial charge on any atom is -0.494 e. The molecule has 1 amide bonds. The van der Waals surface area contributed by atoms with Crippen molar-refractivity contribution in [3.63, 3.8) is 0 Å².